The molecule has 5 nitrogen and oxygen atoms in total. The van der Waals surface area contributed by atoms with Gasteiger partial charge in [0.15, 0.2) is 6.61 Å². The largest absolute Gasteiger partial charge is 0.464 e. The van der Waals surface area contributed by atoms with Crippen molar-refractivity contribution < 1.29 is 18.7 Å². The van der Waals surface area contributed by atoms with Crippen molar-refractivity contribution in [2.24, 2.45) is 0 Å². The van der Waals surface area contributed by atoms with Crippen molar-refractivity contribution in [3.05, 3.63) is 35.1 Å². The van der Waals surface area contributed by atoms with Crippen LogP contribution in [0.2, 0.25) is 0 Å². The number of ether oxygens (including phenoxy) is 1. The standard InChI is InChI=1S/C22H27NO4/c1-23(18-8-3-2-4-9-18)21(24)14-27-22(25)12-17-13-26-20-11-16-7-5-6-15(16)10-19(17)20/h10-11,13,18H,2-9,12,14H2,1H3. The number of hydrogen-bond acceptors (Lipinski definition) is 4. The van der Waals surface area contributed by atoms with Crippen molar-refractivity contribution in [2.75, 3.05) is 13.7 Å². The van der Waals surface area contributed by atoms with Crippen molar-refractivity contribution in [1.82, 2.24) is 4.90 Å². The van der Waals surface area contributed by atoms with Gasteiger partial charge < -0.3 is 14.1 Å². The highest BCUT2D eigenvalue weighted by Gasteiger charge is 2.23. The van der Waals surface area contributed by atoms with Crippen LogP contribution in [0.3, 0.4) is 0 Å². The summed E-state index contributed by atoms with van der Waals surface area (Å²) in [7, 11) is 1.82. The summed E-state index contributed by atoms with van der Waals surface area (Å²) in [5.41, 5.74) is 4.36. The van der Waals surface area contributed by atoms with E-state index in [1.54, 1.807) is 11.2 Å². The summed E-state index contributed by atoms with van der Waals surface area (Å²) in [5.74, 6) is -0.506. The van der Waals surface area contributed by atoms with E-state index in [4.69, 9.17) is 9.15 Å². The van der Waals surface area contributed by atoms with Gasteiger partial charge >= 0.3 is 5.97 Å². The second-order valence-corrected chi connectivity index (χ2v) is 7.87. The van der Waals surface area contributed by atoms with Gasteiger partial charge in [-0.1, -0.05) is 19.3 Å². The van der Waals surface area contributed by atoms with Gasteiger partial charge in [-0.25, -0.2) is 0 Å². The molecule has 144 valence electrons. The van der Waals surface area contributed by atoms with Crippen LogP contribution < -0.4 is 0 Å². The molecule has 0 unspecified atom stereocenters. The molecule has 2 aromatic rings. The molecule has 27 heavy (non-hydrogen) atoms. The van der Waals surface area contributed by atoms with Crippen LogP contribution in [0, 0.1) is 0 Å². The third-order valence-corrected chi connectivity index (χ3v) is 6.08. The van der Waals surface area contributed by atoms with E-state index in [-0.39, 0.29) is 30.9 Å². The molecule has 2 aliphatic rings. The Bertz CT molecular complexity index is 847. The highest BCUT2D eigenvalue weighted by Crippen LogP contribution is 2.30. The predicted octanol–water partition coefficient (Wildman–Crippen LogP) is 3.80. The lowest BCUT2D eigenvalue weighted by Gasteiger charge is -2.31. The zero-order chi connectivity index (χ0) is 18.8. The van der Waals surface area contributed by atoms with Gasteiger partial charge in [0, 0.05) is 24.0 Å². The number of carbonyl (C=O) groups is 2. The number of carbonyl (C=O) groups excluding carboxylic acids is 2. The zero-order valence-corrected chi connectivity index (χ0v) is 16.0. The average molecular weight is 369 g/mol. The van der Waals surface area contributed by atoms with Gasteiger partial charge in [-0.3, -0.25) is 9.59 Å². The van der Waals surface area contributed by atoms with Crippen LogP contribution in [0.25, 0.3) is 11.0 Å². The fourth-order valence-electron chi connectivity index (χ4n) is 4.41. The molecular weight excluding hydrogens is 342 g/mol. The second kappa shape index (κ2) is 7.75. The lowest BCUT2D eigenvalue weighted by Crippen LogP contribution is -2.40. The van der Waals surface area contributed by atoms with Gasteiger partial charge in [-0.2, -0.15) is 0 Å². The van der Waals surface area contributed by atoms with Crippen LogP contribution in [0.1, 0.15) is 55.2 Å². The fraction of sp³-hybridized carbons (Fsp3) is 0.545. The molecule has 1 amide bonds. The Labute approximate surface area is 159 Å². The first-order valence-corrected chi connectivity index (χ1v) is 10.0. The smallest absolute Gasteiger partial charge is 0.310 e. The number of furan rings is 1. The summed E-state index contributed by atoms with van der Waals surface area (Å²) in [6.45, 7) is -0.184. The Morgan fingerprint density at radius 2 is 1.85 bits per heavy atom. The third kappa shape index (κ3) is 3.87. The minimum atomic E-state index is -0.386. The van der Waals surface area contributed by atoms with Crippen LogP contribution in [-0.4, -0.2) is 36.5 Å². The zero-order valence-electron chi connectivity index (χ0n) is 16.0. The first-order chi connectivity index (χ1) is 13.1. The Morgan fingerprint density at radius 3 is 2.63 bits per heavy atom. The summed E-state index contributed by atoms with van der Waals surface area (Å²) in [4.78, 5) is 26.3. The lowest BCUT2D eigenvalue weighted by molar-refractivity contribution is -0.152. The minimum absolute atomic E-state index is 0.120. The number of rotatable bonds is 5. The van der Waals surface area contributed by atoms with E-state index < -0.39 is 0 Å². The van der Waals surface area contributed by atoms with Crippen molar-refractivity contribution in [3.8, 4) is 0 Å². The van der Waals surface area contributed by atoms with Crippen LogP contribution in [0.15, 0.2) is 22.8 Å². The Hall–Kier alpha value is -2.30. The highest BCUT2D eigenvalue weighted by molar-refractivity contribution is 5.88. The van der Waals surface area contributed by atoms with Gasteiger partial charge in [0.25, 0.3) is 5.91 Å². The van der Waals surface area contributed by atoms with E-state index in [0.29, 0.717) is 0 Å². The van der Waals surface area contributed by atoms with Gasteiger partial charge in [0.05, 0.1) is 12.7 Å². The Morgan fingerprint density at radius 1 is 1.11 bits per heavy atom. The molecule has 0 spiro atoms. The van der Waals surface area contributed by atoms with Crippen LogP contribution in [0.4, 0.5) is 0 Å². The lowest BCUT2D eigenvalue weighted by atomic mass is 9.94. The molecule has 1 saturated carbocycles. The number of amides is 1. The molecular formula is C22H27NO4. The van der Waals surface area contributed by atoms with Crippen molar-refractivity contribution in [1.29, 1.82) is 0 Å². The molecule has 1 heterocycles. The van der Waals surface area contributed by atoms with E-state index >= 15 is 0 Å². The maximum Gasteiger partial charge on any atom is 0.310 e. The quantitative estimate of drug-likeness (QED) is 0.752. The normalized spacial score (nSPS) is 17.1. The SMILES string of the molecule is CN(C(=O)COC(=O)Cc1coc2cc3c(cc12)CCC3)C1CCCCC1. The molecule has 1 aromatic heterocycles. The average Bonchev–Trinajstić information content (AvgIpc) is 3.31. The molecule has 2 aliphatic carbocycles. The van der Waals surface area contributed by atoms with Crippen LogP contribution >= 0.6 is 0 Å². The predicted molar refractivity (Wildman–Crippen MR) is 103 cm³/mol. The molecule has 0 N–H and O–H groups in total. The number of nitrogens with zero attached hydrogens (tertiary/aromatic N) is 1. The maximum atomic E-state index is 12.3. The van der Waals surface area contributed by atoms with E-state index in [1.165, 1.54) is 36.8 Å². The van der Waals surface area contributed by atoms with E-state index in [9.17, 15) is 9.59 Å². The molecule has 0 atom stereocenters. The number of fused-ring (bicyclic) bond motifs is 2. The van der Waals surface area contributed by atoms with E-state index in [0.717, 1.165) is 42.2 Å². The molecule has 1 fully saturated rings. The molecule has 0 saturated heterocycles. The summed E-state index contributed by atoms with van der Waals surface area (Å²) in [6, 6.07) is 4.52. The first-order valence-electron chi connectivity index (χ1n) is 10.0. The summed E-state index contributed by atoms with van der Waals surface area (Å²) in [6.07, 6.45) is 10.8. The molecule has 4 rings (SSSR count). The van der Waals surface area contributed by atoms with Crippen molar-refractivity contribution in [2.45, 2.75) is 63.8 Å². The molecule has 0 aliphatic heterocycles. The molecule has 0 bridgehead atoms. The third-order valence-electron chi connectivity index (χ3n) is 6.08. The fourth-order valence-corrected chi connectivity index (χ4v) is 4.41. The van der Waals surface area contributed by atoms with Gasteiger partial charge in [-0.15, -0.1) is 0 Å². The first kappa shape index (κ1) is 18.1. The van der Waals surface area contributed by atoms with Crippen molar-refractivity contribution in [3.63, 3.8) is 0 Å². The Kier molecular flexibility index (Phi) is 5.19. The van der Waals surface area contributed by atoms with Gasteiger partial charge in [0.2, 0.25) is 0 Å². The highest BCUT2D eigenvalue weighted by atomic mass is 16.5. The minimum Gasteiger partial charge on any atom is -0.464 e. The number of benzene rings is 1. The number of aryl methyl sites for hydroxylation is 2. The topological polar surface area (TPSA) is 59.8 Å². The maximum absolute atomic E-state index is 12.3. The summed E-state index contributed by atoms with van der Waals surface area (Å²) in [5, 5.41) is 0.984. The second-order valence-electron chi connectivity index (χ2n) is 7.87. The van der Waals surface area contributed by atoms with Crippen molar-refractivity contribution >= 4 is 22.8 Å². The number of hydrogen-bond donors (Lipinski definition) is 0. The van der Waals surface area contributed by atoms with E-state index in [1.807, 2.05) is 7.05 Å². The Balaban J connectivity index is 1.34. The summed E-state index contributed by atoms with van der Waals surface area (Å²) < 4.78 is 10.9. The molecule has 1 aromatic carbocycles. The van der Waals surface area contributed by atoms with Gasteiger partial charge in [0.1, 0.15) is 5.58 Å². The van der Waals surface area contributed by atoms with Gasteiger partial charge in [-0.05, 0) is 55.4 Å². The number of esters is 1. The number of likely N-dealkylation sites (N-methyl/N-ethyl adjacent to an activating group) is 1. The summed E-state index contributed by atoms with van der Waals surface area (Å²) >= 11 is 0. The molecule has 5 heteroatoms. The molecule has 0 radical (unpaired) electrons. The monoisotopic (exact) mass is 369 g/mol. The van der Waals surface area contributed by atoms with E-state index in [2.05, 4.69) is 12.1 Å². The van der Waals surface area contributed by atoms with Crippen LogP contribution in [-0.2, 0) is 33.6 Å². The van der Waals surface area contributed by atoms with Crippen LogP contribution in [0.5, 0.6) is 0 Å².